The molecule has 1 amide bonds. The van der Waals surface area contributed by atoms with E-state index in [4.69, 9.17) is 0 Å². The lowest BCUT2D eigenvalue weighted by Crippen LogP contribution is -2.43. The third kappa shape index (κ3) is 2.77. The lowest BCUT2D eigenvalue weighted by Gasteiger charge is -2.22. The minimum absolute atomic E-state index is 0.0485. The lowest BCUT2D eigenvalue weighted by molar-refractivity contribution is -0.118. The second-order valence-corrected chi connectivity index (χ2v) is 6.14. The number of anilines is 1. The molecule has 1 fully saturated rings. The molecule has 1 aliphatic rings. The monoisotopic (exact) mass is 275 g/mol. The van der Waals surface area contributed by atoms with Gasteiger partial charge in [-0.3, -0.25) is 4.79 Å². The molecule has 3 rings (SSSR count). The normalized spacial score (nSPS) is 19.5. The number of benzene rings is 1. The van der Waals surface area contributed by atoms with Gasteiger partial charge in [-0.15, -0.1) is 11.3 Å². The number of aromatic nitrogens is 1. The van der Waals surface area contributed by atoms with Crippen molar-refractivity contribution in [3.05, 3.63) is 23.2 Å². The van der Waals surface area contributed by atoms with Gasteiger partial charge in [0.15, 0.2) is 0 Å². The maximum absolute atomic E-state index is 12.1. The Kier molecular flexibility index (Phi) is 3.48. The summed E-state index contributed by atoms with van der Waals surface area (Å²) in [5.74, 6) is 0.0697. The highest BCUT2D eigenvalue weighted by atomic mass is 32.1. The van der Waals surface area contributed by atoms with E-state index in [1.54, 1.807) is 11.3 Å². The predicted octanol–water partition coefficient (Wildman–Crippen LogP) is 2.69. The molecular weight excluding hydrogens is 258 g/mol. The van der Waals surface area contributed by atoms with E-state index in [-0.39, 0.29) is 11.9 Å². The van der Waals surface area contributed by atoms with Gasteiger partial charge in [0.1, 0.15) is 0 Å². The number of amides is 1. The first kappa shape index (κ1) is 12.6. The van der Waals surface area contributed by atoms with E-state index in [1.165, 1.54) is 0 Å². The van der Waals surface area contributed by atoms with Crippen LogP contribution in [0.2, 0.25) is 0 Å². The first-order valence-corrected chi connectivity index (χ1v) is 7.45. The van der Waals surface area contributed by atoms with E-state index in [0.29, 0.717) is 0 Å². The summed E-state index contributed by atoms with van der Waals surface area (Å²) < 4.78 is 1.12. The third-order valence-corrected chi connectivity index (χ3v) is 4.32. The SMILES string of the molecule is Cc1nc2ccc(NC(=O)[C@H]3CCCCN3)cc2s1. The van der Waals surface area contributed by atoms with Crippen LogP contribution in [-0.2, 0) is 4.79 Å². The Hall–Kier alpha value is -1.46. The number of hydrogen-bond donors (Lipinski definition) is 2. The quantitative estimate of drug-likeness (QED) is 0.886. The summed E-state index contributed by atoms with van der Waals surface area (Å²) >= 11 is 1.65. The van der Waals surface area contributed by atoms with Crippen LogP contribution in [0.4, 0.5) is 5.69 Å². The average molecular weight is 275 g/mol. The van der Waals surface area contributed by atoms with Gasteiger partial charge in [0, 0.05) is 5.69 Å². The summed E-state index contributed by atoms with van der Waals surface area (Å²) in [6.45, 7) is 2.93. The minimum atomic E-state index is -0.0485. The molecule has 4 nitrogen and oxygen atoms in total. The fraction of sp³-hybridized carbons (Fsp3) is 0.429. The van der Waals surface area contributed by atoms with Crippen LogP contribution in [0.5, 0.6) is 0 Å². The molecule has 19 heavy (non-hydrogen) atoms. The lowest BCUT2D eigenvalue weighted by atomic mass is 10.0. The van der Waals surface area contributed by atoms with Gasteiger partial charge >= 0.3 is 0 Å². The highest BCUT2D eigenvalue weighted by Crippen LogP contribution is 2.25. The number of nitrogens with one attached hydrogen (secondary N) is 2. The largest absolute Gasteiger partial charge is 0.325 e. The molecule has 2 aromatic rings. The van der Waals surface area contributed by atoms with E-state index >= 15 is 0 Å². The van der Waals surface area contributed by atoms with Crippen LogP contribution < -0.4 is 10.6 Å². The molecule has 0 saturated carbocycles. The van der Waals surface area contributed by atoms with Crippen molar-refractivity contribution in [1.82, 2.24) is 10.3 Å². The molecule has 1 saturated heterocycles. The van der Waals surface area contributed by atoms with Crippen molar-refractivity contribution < 1.29 is 4.79 Å². The number of piperidine rings is 1. The molecule has 1 aromatic carbocycles. The third-order valence-electron chi connectivity index (χ3n) is 3.39. The summed E-state index contributed by atoms with van der Waals surface area (Å²) in [6.07, 6.45) is 3.21. The maximum atomic E-state index is 12.1. The second kappa shape index (κ2) is 5.27. The zero-order chi connectivity index (χ0) is 13.2. The Balaban J connectivity index is 1.74. The fourth-order valence-electron chi connectivity index (χ4n) is 2.42. The van der Waals surface area contributed by atoms with Gasteiger partial charge < -0.3 is 10.6 Å². The van der Waals surface area contributed by atoms with Gasteiger partial charge in [0.2, 0.25) is 5.91 Å². The Morgan fingerprint density at radius 1 is 1.47 bits per heavy atom. The molecular formula is C14H17N3OS. The molecule has 2 N–H and O–H groups in total. The number of carbonyl (C=O) groups is 1. The van der Waals surface area contributed by atoms with Crippen LogP contribution in [0.25, 0.3) is 10.2 Å². The summed E-state index contributed by atoms with van der Waals surface area (Å²) in [5, 5.41) is 7.30. The zero-order valence-corrected chi connectivity index (χ0v) is 11.7. The molecule has 0 spiro atoms. The average Bonchev–Trinajstić information content (AvgIpc) is 2.79. The van der Waals surface area contributed by atoms with Gasteiger partial charge in [-0.25, -0.2) is 4.98 Å². The Morgan fingerprint density at radius 3 is 3.16 bits per heavy atom. The van der Waals surface area contributed by atoms with Crippen molar-refractivity contribution in [2.24, 2.45) is 0 Å². The Bertz CT molecular complexity index is 602. The molecule has 0 aliphatic carbocycles. The van der Waals surface area contributed by atoms with Gasteiger partial charge in [0.05, 0.1) is 21.3 Å². The molecule has 100 valence electrons. The second-order valence-electron chi connectivity index (χ2n) is 4.91. The summed E-state index contributed by atoms with van der Waals surface area (Å²) in [7, 11) is 0. The molecule has 0 radical (unpaired) electrons. The van der Waals surface area contributed by atoms with Crippen molar-refractivity contribution >= 4 is 33.1 Å². The summed E-state index contributed by atoms with van der Waals surface area (Å²) in [6, 6.07) is 5.83. The van der Waals surface area contributed by atoms with Crippen LogP contribution in [0.3, 0.4) is 0 Å². The standard InChI is InChI=1S/C14H17N3OS/c1-9-16-11-6-5-10(8-13(11)19-9)17-14(18)12-4-2-3-7-15-12/h5-6,8,12,15H,2-4,7H2,1H3,(H,17,18)/t12-/m1/s1. The van der Waals surface area contributed by atoms with Crippen molar-refractivity contribution in [3.8, 4) is 0 Å². The minimum Gasteiger partial charge on any atom is -0.325 e. The molecule has 2 heterocycles. The van der Waals surface area contributed by atoms with E-state index in [2.05, 4.69) is 15.6 Å². The van der Waals surface area contributed by atoms with Crippen LogP contribution in [0.1, 0.15) is 24.3 Å². The number of rotatable bonds is 2. The van der Waals surface area contributed by atoms with E-state index in [0.717, 1.165) is 46.7 Å². The highest BCUT2D eigenvalue weighted by molar-refractivity contribution is 7.18. The highest BCUT2D eigenvalue weighted by Gasteiger charge is 2.20. The molecule has 0 bridgehead atoms. The van der Waals surface area contributed by atoms with Gasteiger partial charge in [-0.1, -0.05) is 6.42 Å². The molecule has 1 aromatic heterocycles. The van der Waals surface area contributed by atoms with Crippen LogP contribution in [0, 0.1) is 6.92 Å². The van der Waals surface area contributed by atoms with E-state index < -0.39 is 0 Å². The number of thiazole rings is 1. The Labute approximate surface area is 116 Å². The van der Waals surface area contributed by atoms with E-state index in [1.807, 2.05) is 25.1 Å². The van der Waals surface area contributed by atoms with Gasteiger partial charge in [0.25, 0.3) is 0 Å². The van der Waals surface area contributed by atoms with Crippen molar-refractivity contribution in [2.45, 2.75) is 32.2 Å². The topological polar surface area (TPSA) is 54.0 Å². The summed E-state index contributed by atoms with van der Waals surface area (Å²) in [4.78, 5) is 16.5. The number of carbonyl (C=O) groups excluding carboxylic acids is 1. The molecule has 0 unspecified atom stereocenters. The summed E-state index contributed by atoms with van der Waals surface area (Å²) in [5.41, 5.74) is 1.85. The van der Waals surface area contributed by atoms with Gasteiger partial charge in [-0.2, -0.15) is 0 Å². The number of nitrogens with zero attached hydrogens (tertiary/aromatic N) is 1. The van der Waals surface area contributed by atoms with Crippen molar-refractivity contribution in [3.63, 3.8) is 0 Å². The van der Waals surface area contributed by atoms with Crippen LogP contribution in [-0.4, -0.2) is 23.5 Å². The van der Waals surface area contributed by atoms with Crippen LogP contribution in [0.15, 0.2) is 18.2 Å². The first-order valence-electron chi connectivity index (χ1n) is 6.64. The molecule has 1 atom stereocenters. The van der Waals surface area contributed by atoms with Crippen LogP contribution >= 0.6 is 11.3 Å². The first-order chi connectivity index (χ1) is 9.22. The number of fused-ring (bicyclic) bond motifs is 1. The number of aryl methyl sites for hydroxylation is 1. The van der Waals surface area contributed by atoms with Gasteiger partial charge in [-0.05, 0) is 44.5 Å². The molecule has 5 heteroatoms. The zero-order valence-electron chi connectivity index (χ0n) is 10.9. The Morgan fingerprint density at radius 2 is 2.37 bits per heavy atom. The molecule has 1 aliphatic heterocycles. The smallest absolute Gasteiger partial charge is 0.241 e. The van der Waals surface area contributed by atoms with E-state index in [9.17, 15) is 4.79 Å². The van der Waals surface area contributed by atoms with Crippen molar-refractivity contribution in [1.29, 1.82) is 0 Å². The number of hydrogen-bond acceptors (Lipinski definition) is 4. The fourth-order valence-corrected chi connectivity index (χ4v) is 3.29. The van der Waals surface area contributed by atoms with Crippen molar-refractivity contribution in [2.75, 3.05) is 11.9 Å². The predicted molar refractivity (Wildman–Crippen MR) is 78.6 cm³/mol. The maximum Gasteiger partial charge on any atom is 0.241 e.